The molecule has 1 aliphatic rings. The third-order valence-electron chi connectivity index (χ3n) is 3.31. The van der Waals surface area contributed by atoms with E-state index >= 15 is 0 Å². The Balaban J connectivity index is 2.67. The van der Waals surface area contributed by atoms with Crippen LogP contribution in [0.4, 0.5) is 0 Å². The smallest absolute Gasteiger partial charge is 0.303 e. The lowest BCUT2D eigenvalue weighted by Crippen LogP contribution is -2.48. The first kappa shape index (κ1) is 13.0. The second kappa shape index (κ2) is 4.82. The maximum atomic E-state index is 12.0. The fourth-order valence-corrected chi connectivity index (χ4v) is 1.83. The lowest BCUT2D eigenvalue weighted by atomic mass is 9.99. The van der Waals surface area contributed by atoms with Gasteiger partial charge >= 0.3 is 5.97 Å². The van der Waals surface area contributed by atoms with Gasteiger partial charge in [-0.2, -0.15) is 0 Å². The Bertz CT molecular complexity index is 289. The molecule has 1 amide bonds. The minimum absolute atomic E-state index is 0.0104. The largest absolute Gasteiger partial charge is 0.481 e. The Kier molecular flexibility index (Phi) is 3.91. The van der Waals surface area contributed by atoms with E-state index in [0.29, 0.717) is 6.42 Å². The van der Waals surface area contributed by atoms with Gasteiger partial charge in [0.2, 0.25) is 5.91 Å². The molecule has 16 heavy (non-hydrogen) atoms. The summed E-state index contributed by atoms with van der Waals surface area (Å²) in [4.78, 5) is 24.3. The van der Waals surface area contributed by atoms with Crippen LogP contribution in [0.5, 0.6) is 0 Å². The maximum Gasteiger partial charge on any atom is 0.303 e. The highest BCUT2D eigenvalue weighted by atomic mass is 16.4. The molecule has 1 atom stereocenters. The normalized spacial score (nSPS) is 25.3. The number of aliphatic carboxylic acids is 1. The first-order valence-corrected chi connectivity index (χ1v) is 5.57. The molecular formula is C11H20N2O3. The van der Waals surface area contributed by atoms with Gasteiger partial charge in [0, 0.05) is 19.0 Å². The van der Waals surface area contributed by atoms with Gasteiger partial charge in [0.15, 0.2) is 0 Å². The third kappa shape index (κ3) is 2.95. The molecule has 0 aromatic heterocycles. The number of rotatable bonds is 3. The van der Waals surface area contributed by atoms with Crippen molar-refractivity contribution in [3.63, 3.8) is 0 Å². The summed E-state index contributed by atoms with van der Waals surface area (Å²) in [6.45, 7) is 4.78. The first-order chi connectivity index (χ1) is 7.34. The molecular weight excluding hydrogens is 208 g/mol. The summed E-state index contributed by atoms with van der Waals surface area (Å²) >= 11 is 0. The first-order valence-electron chi connectivity index (χ1n) is 5.57. The molecule has 5 heteroatoms. The molecule has 2 N–H and O–H groups in total. The Morgan fingerprint density at radius 2 is 2.25 bits per heavy atom. The molecule has 1 unspecified atom stereocenters. The predicted octanol–water partition coefficient (Wildman–Crippen LogP) is 0.450. The number of hydrogen-bond donors (Lipinski definition) is 2. The van der Waals surface area contributed by atoms with E-state index in [2.05, 4.69) is 5.32 Å². The fraction of sp³-hybridized carbons (Fsp3) is 0.818. The average molecular weight is 228 g/mol. The van der Waals surface area contributed by atoms with Gasteiger partial charge < -0.3 is 15.3 Å². The topological polar surface area (TPSA) is 69.6 Å². The van der Waals surface area contributed by atoms with Gasteiger partial charge in [-0.15, -0.1) is 0 Å². The van der Waals surface area contributed by atoms with Crippen molar-refractivity contribution in [2.75, 3.05) is 13.6 Å². The van der Waals surface area contributed by atoms with Crippen LogP contribution in [0.25, 0.3) is 0 Å². The van der Waals surface area contributed by atoms with E-state index in [0.717, 1.165) is 13.0 Å². The quantitative estimate of drug-likeness (QED) is 0.736. The van der Waals surface area contributed by atoms with Crippen molar-refractivity contribution < 1.29 is 14.7 Å². The zero-order valence-corrected chi connectivity index (χ0v) is 10.1. The van der Waals surface area contributed by atoms with E-state index in [-0.39, 0.29) is 23.9 Å². The van der Waals surface area contributed by atoms with E-state index in [4.69, 9.17) is 5.11 Å². The second-order valence-electron chi connectivity index (χ2n) is 4.90. The van der Waals surface area contributed by atoms with E-state index in [1.54, 1.807) is 11.9 Å². The number of nitrogens with one attached hydrogen (secondary N) is 1. The van der Waals surface area contributed by atoms with Crippen LogP contribution in [0, 0.1) is 0 Å². The predicted molar refractivity (Wildman–Crippen MR) is 60.1 cm³/mol. The lowest BCUT2D eigenvalue weighted by molar-refractivity contribution is -0.138. The summed E-state index contributed by atoms with van der Waals surface area (Å²) in [6, 6.07) is -0.358. The van der Waals surface area contributed by atoms with Gasteiger partial charge in [-0.25, -0.2) is 0 Å². The third-order valence-corrected chi connectivity index (χ3v) is 3.31. The standard InChI is InChI=1S/C11H20N2O3/c1-11(2)6-7-12-8(4-5-9(14)15)10(16)13(11)3/h8,12H,4-7H2,1-3H3,(H,14,15). The van der Waals surface area contributed by atoms with Crippen LogP contribution in [0.3, 0.4) is 0 Å². The molecule has 5 nitrogen and oxygen atoms in total. The molecule has 92 valence electrons. The molecule has 0 saturated carbocycles. The number of carboxylic acids is 1. The van der Waals surface area contributed by atoms with Crippen LogP contribution in [0.1, 0.15) is 33.1 Å². The van der Waals surface area contributed by atoms with Crippen molar-refractivity contribution in [1.29, 1.82) is 0 Å². The highest BCUT2D eigenvalue weighted by molar-refractivity contribution is 5.83. The summed E-state index contributed by atoms with van der Waals surface area (Å²) in [5.41, 5.74) is -0.165. The fourth-order valence-electron chi connectivity index (χ4n) is 1.83. The molecule has 0 radical (unpaired) electrons. The number of likely N-dealkylation sites (N-methyl/N-ethyl adjacent to an activating group) is 1. The highest BCUT2D eigenvalue weighted by Crippen LogP contribution is 2.21. The summed E-state index contributed by atoms with van der Waals surface area (Å²) in [5, 5.41) is 11.7. The number of nitrogens with zero attached hydrogens (tertiary/aromatic N) is 1. The molecule has 0 aliphatic carbocycles. The minimum Gasteiger partial charge on any atom is -0.481 e. The van der Waals surface area contributed by atoms with Crippen LogP contribution in [0.2, 0.25) is 0 Å². The van der Waals surface area contributed by atoms with Gasteiger partial charge in [-0.05, 0) is 33.2 Å². The zero-order chi connectivity index (χ0) is 12.3. The summed E-state index contributed by atoms with van der Waals surface area (Å²) in [6.07, 6.45) is 1.26. The summed E-state index contributed by atoms with van der Waals surface area (Å²) in [7, 11) is 1.78. The van der Waals surface area contributed by atoms with Gasteiger partial charge in [-0.3, -0.25) is 9.59 Å². The van der Waals surface area contributed by atoms with Gasteiger partial charge in [0.05, 0.1) is 6.04 Å². The van der Waals surface area contributed by atoms with Crippen molar-refractivity contribution in [2.24, 2.45) is 0 Å². The number of amides is 1. The van der Waals surface area contributed by atoms with E-state index in [1.165, 1.54) is 0 Å². The summed E-state index contributed by atoms with van der Waals surface area (Å²) in [5.74, 6) is -0.871. The van der Waals surface area contributed by atoms with Crippen LogP contribution < -0.4 is 5.32 Å². The molecule has 0 spiro atoms. The van der Waals surface area contributed by atoms with Crippen molar-refractivity contribution in [1.82, 2.24) is 10.2 Å². The molecule has 1 rings (SSSR count). The van der Waals surface area contributed by atoms with Gasteiger partial charge in [0.25, 0.3) is 0 Å². The Morgan fingerprint density at radius 1 is 1.62 bits per heavy atom. The molecule has 0 bridgehead atoms. The van der Waals surface area contributed by atoms with Crippen molar-refractivity contribution >= 4 is 11.9 Å². The van der Waals surface area contributed by atoms with Crippen LogP contribution in [-0.4, -0.2) is 47.1 Å². The number of hydrogen-bond acceptors (Lipinski definition) is 3. The molecule has 1 heterocycles. The maximum absolute atomic E-state index is 12.0. The van der Waals surface area contributed by atoms with Gasteiger partial charge in [0.1, 0.15) is 0 Å². The Labute approximate surface area is 95.8 Å². The molecule has 1 saturated heterocycles. The van der Waals surface area contributed by atoms with Crippen LogP contribution in [0.15, 0.2) is 0 Å². The number of carbonyl (C=O) groups is 2. The monoisotopic (exact) mass is 228 g/mol. The average Bonchev–Trinajstić information content (AvgIpc) is 2.28. The zero-order valence-electron chi connectivity index (χ0n) is 10.1. The number of carboxylic acid groups (broad SMARTS) is 1. The minimum atomic E-state index is -0.860. The number of carbonyl (C=O) groups excluding carboxylic acids is 1. The second-order valence-corrected chi connectivity index (χ2v) is 4.90. The molecule has 1 fully saturated rings. The highest BCUT2D eigenvalue weighted by Gasteiger charge is 2.34. The van der Waals surface area contributed by atoms with Gasteiger partial charge in [-0.1, -0.05) is 0 Å². The Morgan fingerprint density at radius 3 is 2.81 bits per heavy atom. The SMILES string of the molecule is CN1C(=O)C(CCC(=O)O)NCCC1(C)C. The van der Waals surface area contributed by atoms with E-state index in [1.807, 2.05) is 13.8 Å². The van der Waals surface area contributed by atoms with Crippen LogP contribution in [-0.2, 0) is 9.59 Å². The van der Waals surface area contributed by atoms with Crippen molar-refractivity contribution in [3.05, 3.63) is 0 Å². The van der Waals surface area contributed by atoms with E-state index < -0.39 is 5.97 Å². The molecule has 1 aliphatic heterocycles. The van der Waals surface area contributed by atoms with Crippen molar-refractivity contribution in [2.45, 2.75) is 44.7 Å². The summed E-state index contributed by atoms with van der Waals surface area (Å²) < 4.78 is 0. The molecule has 0 aromatic rings. The Hall–Kier alpha value is -1.10. The lowest BCUT2D eigenvalue weighted by Gasteiger charge is -2.34. The van der Waals surface area contributed by atoms with Crippen LogP contribution >= 0.6 is 0 Å². The molecule has 0 aromatic carbocycles. The van der Waals surface area contributed by atoms with Crippen molar-refractivity contribution in [3.8, 4) is 0 Å². The van der Waals surface area contributed by atoms with E-state index in [9.17, 15) is 9.59 Å².